The van der Waals surface area contributed by atoms with Crippen molar-refractivity contribution < 1.29 is 5.11 Å². The van der Waals surface area contributed by atoms with Gasteiger partial charge in [-0.2, -0.15) is 0 Å². The molecule has 0 bridgehead atoms. The smallest absolute Gasteiger partial charge is 0.0909 e. The predicted molar refractivity (Wildman–Crippen MR) is 70.9 cm³/mol. The molecule has 0 spiro atoms. The highest BCUT2D eigenvalue weighted by Crippen LogP contribution is 1.94. The predicted octanol–water partition coefficient (Wildman–Crippen LogP) is 3.40. The van der Waals surface area contributed by atoms with Crippen LogP contribution in [-0.4, -0.2) is 11.2 Å². The zero-order chi connectivity index (χ0) is 12.1. The Kier molecular flexibility index (Phi) is 10.5. The fourth-order valence-corrected chi connectivity index (χ4v) is 0.922. The summed E-state index contributed by atoms with van der Waals surface area (Å²) in [5.74, 6) is 5.64. The molecule has 86 valence electrons. The summed E-state index contributed by atoms with van der Waals surface area (Å²) in [5, 5.41) is 9.08. The van der Waals surface area contributed by atoms with Gasteiger partial charge in [0.05, 0.1) is 6.10 Å². The quantitative estimate of drug-likeness (QED) is 0.312. The first-order valence-electron chi connectivity index (χ1n) is 5.61. The van der Waals surface area contributed by atoms with Crippen LogP contribution in [0.2, 0.25) is 0 Å². The number of rotatable bonds is 6. The third kappa shape index (κ3) is 10.6. The molecule has 0 aliphatic heterocycles. The van der Waals surface area contributed by atoms with Gasteiger partial charge in [-0.3, -0.25) is 0 Å². The molecule has 0 aliphatic rings. The lowest BCUT2D eigenvalue weighted by molar-refractivity contribution is 0.272. The van der Waals surface area contributed by atoms with E-state index in [1.807, 2.05) is 12.2 Å². The summed E-state index contributed by atoms with van der Waals surface area (Å²) in [6, 6.07) is 0. The Labute approximate surface area is 98.9 Å². The molecule has 1 atom stereocenters. The summed E-state index contributed by atoms with van der Waals surface area (Å²) in [4.78, 5) is 0. The molecule has 0 saturated carbocycles. The second kappa shape index (κ2) is 11.6. The van der Waals surface area contributed by atoms with Crippen molar-refractivity contribution >= 4 is 0 Å². The Bertz CT molecular complexity index is 310. The first-order chi connectivity index (χ1) is 7.81. The van der Waals surface area contributed by atoms with Gasteiger partial charge in [0, 0.05) is 0 Å². The lowest BCUT2D eigenvalue weighted by Crippen LogP contribution is -1.93. The fraction of sp³-hybridized carbons (Fsp3) is 0.333. The third-order valence-corrected chi connectivity index (χ3v) is 1.85. The molecule has 0 amide bonds. The number of aliphatic hydroxyl groups excluding tert-OH is 1. The van der Waals surface area contributed by atoms with Crippen LogP contribution >= 0.6 is 0 Å². The van der Waals surface area contributed by atoms with Crippen LogP contribution < -0.4 is 0 Å². The van der Waals surface area contributed by atoms with Gasteiger partial charge in [-0.05, 0) is 24.6 Å². The number of allylic oxidation sites excluding steroid dienone is 5. The van der Waals surface area contributed by atoms with E-state index in [0.717, 1.165) is 6.42 Å². The van der Waals surface area contributed by atoms with Crippen LogP contribution in [0.5, 0.6) is 0 Å². The molecule has 1 N–H and O–H groups in total. The molecule has 1 nitrogen and oxygen atoms in total. The van der Waals surface area contributed by atoms with Crippen molar-refractivity contribution in [3.8, 4) is 11.8 Å². The van der Waals surface area contributed by atoms with Gasteiger partial charge in [-0.25, -0.2) is 0 Å². The topological polar surface area (TPSA) is 20.2 Å². The molecule has 16 heavy (non-hydrogen) atoms. The zero-order valence-electron chi connectivity index (χ0n) is 9.89. The normalized spacial score (nSPS) is 13.1. The van der Waals surface area contributed by atoms with Crippen LogP contribution in [0, 0.1) is 11.8 Å². The van der Waals surface area contributed by atoms with Gasteiger partial charge in [0.1, 0.15) is 0 Å². The molecule has 0 aromatic carbocycles. The highest BCUT2D eigenvalue weighted by molar-refractivity contribution is 5.26. The van der Waals surface area contributed by atoms with E-state index >= 15 is 0 Å². The number of hydrogen-bond acceptors (Lipinski definition) is 1. The minimum absolute atomic E-state index is 0.604. The highest BCUT2D eigenvalue weighted by Gasteiger charge is 1.84. The van der Waals surface area contributed by atoms with Crippen molar-refractivity contribution in [3.63, 3.8) is 0 Å². The number of aliphatic hydroxyl groups is 1. The number of hydrogen-bond donors (Lipinski definition) is 1. The van der Waals surface area contributed by atoms with Crippen molar-refractivity contribution in [2.24, 2.45) is 0 Å². The van der Waals surface area contributed by atoms with Crippen LogP contribution in [0.1, 0.15) is 26.2 Å². The van der Waals surface area contributed by atoms with Gasteiger partial charge in [-0.15, -0.1) is 6.58 Å². The average molecular weight is 216 g/mol. The van der Waals surface area contributed by atoms with Crippen LogP contribution in [0.3, 0.4) is 0 Å². The van der Waals surface area contributed by atoms with E-state index in [1.54, 1.807) is 18.2 Å². The number of unbranched alkanes of at least 4 members (excludes halogenated alkanes) is 2. The molecule has 0 saturated heterocycles. The SMILES string of the molecule is C=CC(O)/C=C/C#C/C=C/C=C/CCCC. The van der Waals surface area contributed by atoms with Gasteiger partial charge < -0.3 is 5.11 Å². The minimum atomic E-state index is -0.604. The van der Waals surface area contributed by atoms with Crippen molar-refractivity contribution in [2.75, 3.05) is 0 Å². The Morgan fingerprint density at radius 1 is 1.25 bits per heavy atom. The molecule has 0 heterocycles. The molecule has 0 aromatic rings. The first-order valence-corrected chi connectivity index (χ1v) is 5.61. The van der Waals surface area contributed by atoms with E-state index in [4.69, 9.17) is 5.11 Å². The molecule has 0 aliphatic carbocycles. The standard InChI is InChI=1S/C15H20O/c1-3-5-6-7-8-9-10-11-12-13-14-15(16)4-2/h4,7-10,13-16H,2-3,5-6H2,1H3/b8-7+,10-9+,14-13+. The van der Waals surface area contributed by atoms with Crippen LogP contribution in [0.4, 0.5) is 0 Å². The molecular formula is C15H20O. The van der Waals surface area contributed by atoms with E-state index in [1.165, 1.54) is 18.9 Å². The lowest BCUT2D eigenvalue weighted by atomic mass is 10.2. The van der Waals surface area contributed by atoms with E-state index in [0.29, 0.717) is 0 Å². The highest BCUT2D eigenvalue weighted by atomic mass is 16.3. The molecule has 0 aromatic heterocycles. The lowest BCUT2D eigenvalue weighted by Gasteiger charge is -1.90. The maximum Gasteiger partial charge on any atom is 0.0909 e. The molecular weight excluding hydrogens is 196 g/mol. The summed E-state index contributed by atoms with van der Waals surface area (Å²) in [7, 11) is 0. The molecule has 1 heteroatoms. The van der Waals surface area contributed by atoms with Crippen molar-refractivity contribution in [2.45, 2.75) is 32.3 Å². The average Bonchev–Trinajstić information content (AvgIpc) is 2.31. The molecule has 0 radical (unpaired) electrons. The van der Waals surface area contributed by atoms with Crippen LogP contribution in [-0.2, 0) is 0 Å². The monoisotopic (exact) mass is 216 g/mol. The third-order valence-electron chi connectivity index (χ3n) is 1.85. The Hall–Kier alpha value is -1.52. The maximum atomic E-state index is 9.08. The van der Waals surface area contributed by atoms with Crippen LogP contribution in [0.15, 0.2) is 49.1 Å². The zero-order valence-corrected chi connectivity index (χ0v) is 9.89. The Morgan fingerprint density at radius 3 is 2.69 bits per heavy atom. The van der Waals surface area contributed by atoms with Gasteiger partial charge in [-0.1, -0.05) is 55.9 Å². The Morgan fingerprint density at radius 2 is 2.00 bits per heavy atom. The second-order valence-corrected chi connectivity index (χ2v) is 3.30. The van der Waals surface area contributed by atoms with E-state index < -0.39 is 6.10 Å². The van der Waals surface area contributed by atoms with Gasteiger partial charge in [0.15, 0.2) is 0 Å². The first kappa shape index (κ1) is 14.5. The van der Waals surface area contributed by atoms with Crippen molar-refractivity contribution in [1.82, 2.24) is 0 Å². The van der Waals surface area contributed by atoms with Crippen molar-refractivity contribution in [3.05, 3.63) is 49.1 Å². The van der Waals surface area contributed by atoms with E-state index in [9.17, 15) is 0 Å². The molecule has 1 unspecified atom stereocenters. The largest absolute Gasteiger partial charge is 0.385 e. The minimum Gasteiger partial charge on any atom is -0.385 e. The van der Waals surface area contributed by atoms with Gasteiger partial charge in [0.2, 0.25) is 0 Å². The van der Waals surface area contributed by atoms with Crippen LogP contribution in [0.25, 0.3) is 0 Å². The molecule has 0 rings (SSSR count). The van der Waals surface area contributed by atoms with Crippen molar-refractivity contribution in [1.29, 1.82) is 0 Å². The molecule has 0 fully saturated rings. The Balaban J connectivity index is 3.74. The summed E-state index contributed by atoms with van der Waals surface area (Å²) in [6.07, 6.45) is 15.5. The van der Waals surface area contributed by atoms with E-state index in [-0.39, 0.29) is 0 Å². The fourth-order valence-electron chi connectivity index (χ4n) is 0.922. The van der Waals surface area contributed by atoms with Gasteiger partial charge >= 0.3 is 0 Å². The summed E-state index contributed by atoms with van der Waals surface area (Å²) in [5.41, 5.74) is 0. The van der Waals surface area contributed by atoms with Gasteiger partial charge in [0.25, 0.3) is 0 Å². The maximum absolute atomic E-state index is 9.08. The summed E-state index contributed by atoms with van der Waals surface area (Å²) >= 11 is 0. The van der Waals surface area contributed by atoms with E-state index in [2.05, 4.69) is 31.4 Å². The second-order valence-electron chi connectivity index (χ2n) is 3.30. The summed E-state index contributed by atoms with van der Waals surface area (Å²) < 4.78 is 0. The summed E-state index contributed by atoms with van der Waals surface area (Å²) in [6.45, 7) is 5.63.